The molecule has 2 aromatic carbocycles. The van der Waals surface area contributed by atoms with Gasteiger partial charge >= 0.3 is 5.97 Å². The normalized spacial score (nSPS) is 14.9. The van der Waals surface area contributed by atoms with Crippen molar-refractivity contribution in [3.05, 3.63) is 71.0 Å². The molecule has 0 bridgehead atoms. The topological polar surface area (TPSA) is 57.6 Å². The first-order chi connectivity index (χ1) is 10.1. The first-order valence-corrected chi connectivity index (χ1v) is 6.45. The lowest BCUT2D eigenvalue weighted by molar-refractivity contribution is -0.142. The maximum absolute atomic E-state index is 13.0. The molecule has 0 fully saturated rings. The third kappa shape index (κ3) is 2.27. The highest BCUT2D eigenvalue weighted by molar-refractivity contribution is 6.00. The molecule has 1 aliphatic rings. The molecule has 106 valence electrons. The number of hydrogen-bond acceptors (Lipinski definition) is 2. The summed E-state index contributed by atoms with van der Waals surface area (Å²) in [5, 5.41) is 9.47. The molecule has 2 aromatic rings. The number of aliphatic carboxylic acids is 1. The Hall–Kier alpha value is -2.69. The lowest BCUT2D eigenvalue weighted by Gasteiger charge is -2.24. The fourth-order valence-electron chi connectivity index (χ4n) is 2.59. The van der Waals surface area contributed by atoms with E-state index in [0.29, 0.717) is 11.1 Å². The van der Waals surface area contributed by atoms with Gasteiger partial charge in [0.05, 0.1) is 0 Å². The van der Waals surface area contributed by atoms with Crippen LogP contribution in [0, 0.1) is 5.82 Å². The van der Waals surface area contributed by atoms with E-state index in [4.69, 9.17) is 0 Å². The van der Waals surface area contributed by atoms with E-state index in [0.717, 1.165) is 5.56 Å². The molecular weight excluding hydrogens is 273 g/mol. The summed E-state index contributed by atoms with van der Waals surface area (Å²) in [6, 6.07) is 11.1. The number of halogens is 1. The smallest absolute Gasteiger partial charge is 0.331 e. The van der Waals surface area contributed by atoms with E-state index < -0.39 is 17.8 Å². The summed E-state index contributed by atoms with van der Waals surface area (Å²) in [5.41, 5.74) is 1.70. The minimum Gasteiger partial charge on any atom is -0.479 e. The van der Waals surface area contributed by atoms with Gasteiger partial charge in [0.1, 0.15) is 5.82 Å². The molecule has 0 spiro atoms. The van der Waals surface area contributed by atoms with Crippen LogP contribution in [0.5, 0.6) is 0 Å². The summed E-state index contributed by atoms with van der Waals surface area (Å²) in [4.78, 5) is 25.2. The lowest BCUT2D eigenvalue weighted by Crippen LogP contribution is -2.34. The van der Waals surface area contributed by atoms with Crippen LogP contribution in [0.3, 0.4) is 0 Å². The van der Waals surface area contributed by atoms with E-state index in [1.807, 2.05) is 6.07 Å². The molecule has 21 heavy (non-hydrogen) atoms. The third-order valence-corrected chi connectivity index (χ3v) is 3.58. The quantitative estimate of drug-likeness (QED) is 0.943. The number of hydrogen-bond donors (Lipinski definition) is 1. The molecular formula is C16H12FNO3. The molecule has 1 N–H and O–H groups in total. The van der Waals surface area contributed by atoms with Gasteiger partial charge in [0.25, 0.3) is 5.91 Å². The number of benzene rings is 2. The first kappa shape index (κ1) is 13.3. The lowest BCUT2D eigenvalue weighted by atomic mass is 10.1. The maximum atomic E-state index is 13.0. The molecule has 0 radical (unpaired) electrons. The summed E-state index contributed by atoms with van der Waals surface area (Å²) in [6.07, 6.45) is 0. The largest absolute Gasteiger partial charge is 0.479 e. The Balaban J connectivity index is 1.99. The van der Waals surface area contributed by atoms with Crippen molar-refractivity contribution in [2.45, 2.75) is 12.6 Å². The number of carboxylic acid groups (broad SMARTS) is 1. The van der Waals surface area contributed by atoms with Crippen LogP contribution in [-0.4, -0.2) is 21.9 Å². The van der Waals surface area contributed by atoms with Crippen LogP contribution in [0.15, 0.2) is 48.5 Å². The molecule has 4 nitrogen and oxygen atoms in total. The van der Waals surface area contributed by atoms with E-state index >= 15 is 0 Å². The van der Waals surface area contributed by atoms with Crippen molar-refractivity contribution in [3.63, 3.8) is 0 Å². The van der Waals surface area contributed by atoms with Crippen molar-refractivity contribution < 1.29 is 19.1 Å². The minimum absolute atomic E-state index is 0.239. The summed E-state index contributed by atoms with van der Waals surface area (Å²) < 4.78 is 13.0. The van der Waals surface area contributed by atoms with Crippen LogP contribution >= 0.6 is 0 Å². The van der Waals surface area contributed by atoms with Gasteiger partial charge in [0.15, 0.2) is 6.04 Å². The zero-order valence-corrected chi connectivity index (χ0v) is 11.0. The Morgan fingerprint density at radius 2 is 1.81 bits per heavy atom. The zero-order valence-electron chi connectivity index (χ0n) is 11.0. The SMILES string of the molecule is O=C(O)[C@H](c1ccc(F)cc1)N1Cc2ccccc2C1=O. The van der Waals surface area contributed by atoms with Crippen LogP contribution < -0.4 is 0 Å². The number of carbonyl (C=O) groups excluding carboxylic acids is 1. The Labute approximate surface area is 120 Å². The molecule has 0 saturated heterocycles. The molecule has 0 aliphatic carbocycles. The van der Waals surface area contributed by atoms with Crippen LogP contribution in [0.25, 0.3) is 0 Å². The molecule has 3 rings (SSSR count). The first-order valence-electron chi connectivity index (χ1n) is 6.45. The number of nitrogens with zero attached hydrogens (tertiary/aromatic N) is 1. The fraction of sp³-hybridized carbons (Fsp3) is 0.125. The molecule has 1 atom stereocenters. The van der Waals surface area contributed by atoms with Gasteiger partial charge in [0.2, 0.25) is 0 Å². The second-order valence-corrected chi connectivity index (χ2v) is 4.88. The highest BCUT2D eigenvalue weighted by Crippen LogP contribution is 2.31. The number of fused-ring (bicyclic) bond motifs is 1. The molecule has 1 aliphatic heterocycles. The van der Waals surface area contributed by atoms with Gasteiger partial charge in [-0.05, 0) is 29.3 Å². The van der Waals surface area contributed by atoms with E-state index in [9.17, 15) is 19.1 Å². The van der Waals surface area contributed by atoms with Crippen LogP contribution in [0.4, 0.5) is 4.39 Å². The van der Waals surface area contributed by atoms with Gasteiger partial charge in [-0.1, -0.05) is 30.3 Å². The van der Waals surface area contributed by atoms with Crippen molar-refractivity contribution in [2.75, 3.05) is 0 Å². The maximum Gasteiger partial charge on any atom is 0.331 e. The predicted molar refractivity (Wildman–Crippen MR) is 73.1 cm³/mol. The Morgan fingerprint density at radius 3 is 2.43 bits per heavy atom. The van der Waals surface area contributed by atoms with Crippen LogP contribution in [-0.2, 0) is 11.3 Å². The van der Waals surface area contributed by atoms with Gasteiger partial charge in [-0.15, -0.1) is 0 Å². The van der Waals surface area contributed by atoms with Gasteiger partial charge in [-0.25, -0.2) is 9.18 Å². The summed E-state index contributed by atoms with van der Waals surface area (Å²) in [6.45, 7) is 0.239. The summed E-state index contributed by atoms with van der Waals surface area (Å²) >= 11 is 0. The number of carboxylic acids is 1. The Morgan fingerprint density at radius 1 is 1.14 bits per heavy atom. The Bertz CT molecular complexity index is 712. The number of amides is 1. The number of rotatable bonds is 3. The molecule has 1 amide bonds. The zero-order chi connectivity index (χ0) is 15.0. The summed E-state index contributed by atoms with van der Waals surface area (Å²) in [7, 11) is 0. The van der Waals surface area contributed by atoms with E-state index in [1.54, 1.807) is 18.2 Å². The average molecular weight is 285 g/mol. The van der Waals surface area contributed by atoms with Gasteiger partial charge in [-0.2, -0.15) is 0 Å². The summed E-state index contributed by atoms with van der Waals surface area (Å²) in [5.74, 6) is -1.90. The van der Waals surface area contributed by atoms with Crippen molar-refractivity contribution in [3.8, 4) is 0 Å². The second-order valence-electron chi connectivity index (χ2n) is 4.88. The van der Waals surface area contributed by atoms with Crippen LogP contribution in [0.2, 0.25) is 0 Å². The van der Waals surface area contributed by atoms with Crippen molar-refractivity contribution >= 4 is 11.9 Å². The van der Waals surface area contributed by atoms with Gasteiger partial charge in [-0.3, -0.25) is 4.79 Å². The second kappa shape index (κ2) is 5.01. The van der Waals surface area contributed by atoms with Crippen LogP contribution in [0.1, 0.15) is 27.5 Å². The number of carbonyl (C=O) groups is 2. The fourth-order valence-corrected chi connectivity index (χ4v) is 2.59. The van der Waals surface area contributed by atoms with Gasteiger partial charge < -0.3 is 10.0 Å². The van der Waals surface area contributed by atoms with Crippen molar-refractivity contribution in [1.82, 2.24) is 4.90 Å². The third-order valence-electron chi connectivity index (χ3n) is 3.58. The monoisotopic (exact) mass is 285 g/mol. The van der Waals surface area contributed by atoms with E-state index in [1.165, 1.54) is 29.2 Å². The molecule has 5 heteroatoms. The van der Waals surface area contributed by atoms with E-state index in [2.05, 4.69) is 0 Å². The Kier molecular flexibility index (Phi) is 3.17. The average Bonchev–Trinajstić information content (AvgIpc) is 2.79. The van der Waals surface area contributed by atoms with Gasteiger partial charge in [0, 0.05) is 12.1 Å². The predicted octanol–water partition coefficient (Wildman–Crippen LogP) is 2.61. The molecule has 0 unspecified atom stereocenters. The molecule has 0 saturated carbocycles. The van der Waals surface area contributed by atoms with Crippen molar-refractivity contribution in [1.29, 1.82) is 0 Å². The van der Waals surface area contributed by atoms with E-state index in [-0.39, 0.29) is 12.5 Å². The minimum atomic E-state index is -1.14. The molecule has 1 heterocycles. The standard InChI is InChI=1S/C16H12FNO3/c17-12-7-5-10(6-8-12)14(16(20)21)18-9-11-3-1-2-4-13(11)15(18)19/h1-8,14H,9H2,(H,20,21)/t14-/m0/s1. The van der Waals surface area contributed by atoms with Crippen molar-refractivity contribution in [2.24, 2.45) is 0 Å². The highest BCUT2D eigenvalue weighted by atomic mass is 19.1. The molecule has 0 aromatic heterocycles. The highest BCUT2D eigenvalue weighted by Gasteiger charge is 2.37.